The quantitative estimate of drug-likeness (QED) is 0.771. The first-order valence-corrected chi connectivity index (χ1v) is 9.52. The minimum absolute atomic E-state index is 0.0377. The van der Waals surface area contributed by atoms with Crippen LogP contribution in [0, 0.1) is 11.7 Å². The predicted molar refractivity (Wildman–Crippen MR) is 85.1 cm³/mol. The summed E-state index contributed by atoms with van der Waals surface area (Å²) in [6.45, 7) is 4.48. The minimum Gasteiger partial charge on any atom is -0.207 e. The van der Waals surface area contributed by atoms with E-state index in [0.29, 0.717) is 6.54 Å². The molecule has 118 valence electrons. The molecule has 0 aromatic heterocycles. The fraction of sp³-hybridized carbons (Fsp3) is 0.600. The molecule has 0 radical (unpaired) electrons. The molecule has 21 heavy (non-hydrogen) atoms. The minimum atomic E-state index is -3.65. The monoisotopic (exact) mass is 377 g/mol. The van der Waals surface area contributed by atoms with Gasteiger partial charge in [0.1, 0.15) is 5.82 Å². The molecule has 1 aromatic carbocycles. The summed E-state index contributed by atoms with van der Waals surface area (Å²) in [5.74, 6) is -0.312. The highest BCUT2D eigenvalue weighted by Gasteiger charge is 2.33. The Labute approximate surface area is 134 Å². The first kappa shape index (κ1) is 16.9. The molecule has 1 saturated carbocycles. The molecule has 2 rings (SSSR count). The van der Waals surface area contributed by atoms with Crippen molar-refractivity contribution < 1.29 is 12.8 Å². The number of hydrogen-bond donors (Lipinski definition) is 0. The maximum Gasteiger partial charge on any atom is 0.243 e. The van der Waals surface area contributed by atoms with Crippen LogP contribution in [-0.2, 0) is 10.0 Å². The summed E-state index contributed by atoms with van der Waals surface area (Å²) in [6, 6.07) is 4.06. The van der Waals surface area contributed by atoms with E-state index in [0.717, 1.165) is 31.7 Å². The molecule has 0 unspecified atom stereocenters. The van der Waals surface area contributed by atoms with E-state index in [2.05, 4.69) is 15.9 Å². The van der Waals surface area contributed by atoms with E-state index in [9.17, 15) is 12.8 Å². The molecule has 0 N–H and O–H groups in total. The number of halogens is 2. The van der Waals surface area contributed by atoms with Gasteiger partial charge in [-0.25, -0.2) is 12.8 Å². The first-order valence-electron chi connectivity index (χ1n) is 7.29. The van der Waals surface area contributed by atoms with Crippen LogP contribution in [0.15, 0.2) is 27.6 Å². The zero-order chi connectivity index (χ0) is 15.6. The molecule has 0 spiro atoms. The lowest BCUT2D eigenvalue weighted by Gasteiger charge is -2.29. The molecule has 0 heterocycles. The Hall–Kier alpha value is -0.460. The SMILES string of the molecule is CC(C)CN(C1CCCC1)S(=O)(=O)c1ccc(Br)c(F)c1. The third kappa shape index (κ3) is 3.85. The summed E-state index contributed by atoms with van der Waals surface area (Å²) in [6.07, 6.45) is 3.91. The molecule has 0 bridgehead atoms. The van der Waals surface area contributed by atoms with Crippen LogP contribution in [0.3, 0.4) is 0 Å². The maximum atomic E-state index is 13.7. The number of sulfonamides is 1. The van der Waals surface area contributed by atoms with Crippen molar-refractivity contribution in [2.75, 3.05) is 6.54 Å². The van der Waals surface area contributed by atoms with E-state index in [1.165, 1.54) is 12.1 Å². The molecular weight excluding hydrogens is 357 g/mol. The van der Waals surface area contributed by atoms with Gasteiger partial charge in [-0.15, -0.1) is 0 Å². The van der Waals surface area contributed by atoms with Crippen LogP contribution < -0.4 is 0 Å². The van der Waals surface area contributed by atoms with Crippen LogP contribution in [-0.4, -0.2) is 25.3 Å². The van der Waals surface area contributed by atoms with Gasteiger partial charge in [-0.2, -0.15) is 4.31 Å². The van der Waals surface area contributed by atoms with E-state index in [4.69, 9.17) is 0 Å². The van der Waals surface area contributed by atoms with Crippen LogP contribution in [0.5, 0.6) is 0 Å². The lowest BCUT2D eigenvalue weighted by atomic mass is 10.2. The smallest absolute Gasteiger partial charge is 0.207 e. The van der Waals surface area contributed by atoms with E-state index in [1.54, 1.807) is 4.31 Å². The fourth-order valence-electron chi connectivity index (χ4n) is 2.77. The molecule has 1 fully saturated rings. The second kappa shape index (κ2) is 6.75. The predicted octanol–water partition coefficient (Wildman–Crippen LogP) is 4.18. The molecule has 6 heteroatoms. The molecule has 0 atom stereocenters. The molecule has 1 aliphatic carbocycles. The summed E-state index contributed by atoms with van der Waals surface area (Å²) >= 11 is 3.06. The summed E-state index contributed by atoms with van der Waals surface area (Å²) in [5.41, 5.74) is 0. The third-order valence-corrected chi connectivity index (χ3v) is 6.33. The average molecular weight is 378 g/mol. The molecule has 1 aliphatic rings. The lowest BCUT2D eigenvalue weighted by molar-refractivity contribution is 0.292. The van der Waals surface area contributed by atoms with Gasteiger partial charge in [0.2, 0.25) is 10.0 Å². The largest absolute Gasteiger partial charge is 0.243 e. The Bertz CT molecular complexity index is 598. The summed E-state index contributed by atoms with van der Waals surface area (Å²) < 4.78 is 41.3. The Morgan fingerprint density at radius 1 is 1.33 bits per heavy atom. The van der Waals surface area contributed by atoms with Gasteiger partial charge >= 0.3 is 0 Å². The zero-order valence-corrected chi connectivity index (χ0v) is 14.8. The van der Waals surface area contributed by atoms with Crippen molar-refractivity contribution >= 4 is 26.0 Å². The van der Waals surface area contributed by atoms with Crippen molar-refractivity contribution in [2.24, 2.45) is 5.92 Å². The van der Waals surface area contributed by atoms with E-state index >= 15 is 0 Å². The summed E-state index contributed by atoms with van der Waals surface area (Å²) in [5, 5.41) is 0. The lowest BCUT2D eigenvalue weighted by Crippen LogP contribution is -2.41. The van der Waals surface area contributed by atoms with Crippen molar-refractivity contribution in [3.05, 3.63) is 28.5 Å². The number of benzene rings is 1. The highest BCUT2D eigenvalue weighted by atomic mass is 79.9. The van der Waals surface area contributed by atoms with Gasteiger partial charge in [-0.3, -0.25) is 0 Å². The van der Waals surface area contributed by atoms with Crippen molar-refractivity contribution in [2.45, 2.75) is 50.5 Å². The van der Waals surface area contributed by atoms with Gasteiger partial charge in [0, 0.05) is 12.6 Å². The molecule has 0 saturated heterocycles. The fourth-order valence-corrected chi connectivity index (χ4v) is 4.88. The highest BCUT2D eigenvalue weighted by molar-refractivity contribution is 9.10. The normalized spacial score (nSPS) is 17.0. The van der Waals surface area contributed by atoms with Gasteiger partial charge in [-0.05, 0) is 52.9 Å². The molecule has 0 amide bonds. The second-order valence-corrected chi connectivity index (χ2v) is 8.73. The van der Waals surface area contributed by atoms with Crippen molar-refractivity contribution in [3.8, 4) is 0 Å². The topological polar surface area (TPSA) is 37.4 Å². The van der Waals surface area contributed by atoms with Crippen LogP contribution in [0.1, 0.15) is 39.5 Å². The summed E-state index contributed by atoms with van der Waals surface area (Å²) in [7, 11) is -3.65. The average Bonchev–Trinajstić information content (AvgIpc) is 2.92. The van der Waals surface area contributed by atoms with Gasteiger partial charge in [0.05, 0.1) is 9.37 Å². The van der Waals surface area contributed by atoms with Gasteiger partial charge in [0.25, 0.3) is 0 Å². The van der Waals surface area contributed by atoms with Gasteiger partial charge < -0.3 is 0 Å². The van der Waals surface area contributed by atoms with Crippen LogP contribution in [0.2, 0.25) is 0 Å². The van der Waals surface area contributed by atoms with Crippen LogP contribution in [0.4, 0.5) is 4.39 Å². The number of rotatable bonds is 5. The van der Waals surface area contributed by atoms with E-state index in [1.807, 2.05) is 13.8 Å². The molecular formula is C15H21BrFNO2S. The van der Waals surface area contributed by atoms with E-state index < -0.39 is 15.8 Å². The Kier molecular flexibility index (Phi) is 5.43. The number of nitrogens with zero attached hydrogens (tertiary/aromatic N) is 1. The molecule has 1 aromatic rings. The zero-order valence-electron chi connectivity index (χ0n) is 12.4. The Balaban J connectivity index is 2.38. The van der Waals surface area contributed by atoms with Gasteiger partial charge in [-0.1, -0.05) is 26.7 Å². The second-order valence-electron chi connectivity index (χ2n) is 5.98. The van der Waals surface area contributed by atoms with Crippen molar-refractivity contribution in [3.63, 3.8) is 0 Å². The van der Waals surface area contributed by atoms with E-state index in [-0.39, 0.29) is 21.3 Å². The van der Waals surface area contributed by atoms with Gasteiger partial charge in [0.15, 0.2) is 0 Å². The Morgan fingerprint density at radius 3 is 2.48 bits per heavy atom. The highest BCUT2D eigenvalue weighted by Crippen LogP contribution is 2.30. The van der Waals surface area contributed by atoms with Crippen molar-refractivity contribution in [1.82, 2.24) is 4.31 Å². The summed E-state index contributed by atoms with van der Waals surface area (Å²) in [4.78, 5) is 0.0377. The third-order valence-electron chi connectivity index (χ3n) is 3.77. The maximum absolute atomic E-state index is 13.7. The standard InChI is InChI=1S/C15H21BrFNO2S/c1-11(2)10-18(12-5-3-4-6-12)21(19,20)13-7-8-14(16)15(17)9-13/h7-9,11-12H,3-6,10H2,1-2H3. The van der Waals surface area contributed by atoms with Crippen LogP contribution >= 0.6 is 15.9 Å². The molecule has 0 aliphatic heterocycles. The number of hydrogen-bond acceptors (Lipinski definition) is 2. The van der Waals surface area contributed by atoms with Crippen molar-refractivity contribution in [1.29, 1.82) is 0 Å². The molecule has 3 nitrogen and oxygen atoms in total. The van der Waals surface area contributed by atoms with Crippen LogP contribution in [0.25, 0.3) is 0 Å². The first-order chi connectivity index (χ1) is 9.82. The Morgan fingerprint density at radius 2 is 1.95 bits per heavy atom.